The van der Waals surface area contributed by atoms with Gasteiger partial charge in [-0.2, -0.15) is 5.10 Å². The molecule has 1 unspecified atom stereocenters. The first kappa shape index (κ1) is 17.1. The molecule has 3 aromatic rings. The molecule has 6 nitrogen and oxygen atoms in total. The van der Waals surface area contributed by atoms with Crippen molar-refractivity contribution in [3.63, 3.8) is 0 Å². The first-order valence-corrected chi connectivity index (χ1v) is 9.14. The second-order valence-electron chi connectivity index (χ2n) is 6.15. The Morgan fingerprint density at radius 1 is 1.30 bits per heavy atom. The molecule has 1 atom stereocenters. The molecular formula is C20H15N3O3S. The molecule has 0 amide bonds. The Labute approximate surface area is 159 Å². The zero-order valence-electron chi connectivity index (χ0n) is 14.1. The van der Waals surface area contributed by atoms with Crippen molar-refractivity contribution in [2.45, 2.75) is 11.8 Å². The number of thiazole rings is 1. The van der Waals surface area contributed by atoms with Gasteiger partial charge in [0.15, 0.2) is 5.69 Å². The van der Waals surface area contributed by atoms with E-state index in [1.165, 1.54) is 17.0 Å². The quantitative estimate of drug-likeness (QED) is 0.545. The van der Waals surface area contributed by atoms with E-state index in [0.717, 1.165) is 16.1 Å². The van der Waals surface area contributed by atoms with Gasteiger partial charge in [0.2, 0.25) is 0 Å². The number of carboxylic acid groups (broad SMARTS) is 1. The van der Waals surface area contributed by atoms with Crippen LogP contribution in [-0.2, 0) is 16.6 Å². The summed E-state index contributed by atoms with van der Waals surface area (Å²) < 4.78 is 1.48. The van der Waals surface area contributed by atoms with Crippen molar-refractivity contribution in [3.8, 4) is 0 Å². The highest BCUT2D eigenvalue weighted by atomic mass is 32.1. The van der Waals surface area contributed by atoms with Crippen molar-refractivity contribution >= 4 is 35.9 Å². The zero-order valence-corrected chi connectivity index (χ0v) is 15.0. The maximum absolute atomic E-state index is 11.6. The summed E-state index contributed by atoms with van der Waals surface area (Å²) in [5, 5.41) is 13.7. The standard InChI is InChI=1S/C20H15N3O3S/c24-10-4-9-23-16-11-20(17-12-21-13-27-17,14-5-2-1-3-6-14)8-7-15(16)18(22-23)19(25)26/h1-10,12-13H,11H2,(H,25,26). The minimum atomic E-state index is -1.10. The lowest BCUT2D eigenvalue weighted by Crippen LogP contribution is -2.30. The number of allylic oxidation sites excluding steroid dienone is 2. The number of aromatic nitrogens is 3. The SMILES string of the molecule is O=CC=Cn1nc(C(=O)O)c2c1CC(c1ccccc1)(c1cncs1)C=C2. The van der Waals surface area contributed by atoms with E-state index in [9.17, 15) is 14.7 Å². The van der Waals surface area contributed by atoms with Gasteiger partial charge < -0.3 is 5.11 Å². The number of hydrogen-bond donors (Lipinski definition) is 1. The summed E-state index contributed by atoms with van der Waals surface area (Å²) in [5.41, 5.74) is 3.68. The van der Waals surface area contributed by atoms with E-state index < -0.39 is 11.4 Å². The second kappa shape index (κ2) is 6.77. The number of aromatic carboxylic acids is 1. The van der Waals surface area contributed by atoms with Gasteiger partial charge in [0.05, 0.1) is 16.6 Å². The topological polar surface area (TPSA) is 85.1 Å². The summed E-state index contributed by atoms with van der Waals surface area (Å²) in [5.74, 6) is -1.10. The molecule has 4 rings (SSSR count). The summed E-state index contributed by atoms with van der Waals surface area (Å²) in [7, 11) is 0. The number of carboxylic acids is 1. The second-order valence-corrected chi connectivity index (χ2v) is 7.04. The van der Waals surface area contributed by atoms with Gasteiger partial charge in [-0.25, -0.2) is 9.48 Å². The molecule has 7 heteroatoms. The summed E-state index contributed by atoms with van der Waals surface area (Å²) in [6, 6.07) is 10.0. The normalized spacial score (nSPS) is 18.5. The molecule has 0 fully saturated rings. The molecule has 1 aliphatic carbocycles. The van der Waals surface area contributed by atoms with Crippen molar-refractivity contribution in [2.75, 3.05) is 0 Å². The summed E-state index contributed by atoms with van der Waals surface area (Å²) >= 11 is 1.55. The third-order valence-corrected chi connectivity index (χ3v) is 5.65. The fourth-order valence-electron chi connectivity index (χ4n) is 3.46. The molecule has 0 aliphatic heterocycles. The van der Waals surface area contributed by atoms with Crippen LogP contribution in [0.3, 0.4) is 0 Å². The van der Waals surface area contributed by atoms with Crippen LogP contribution >= 0.6 is 11.3 Å². The number of benzene rings is 1. The summed E-state index contributed by atoms with van der Waals surface area (Å²) in [6.45, 7) is 0. The number of nitrogens with zero attached hydrogens (tertiary/aromatic N) is 3. The molecule has 0 radical (unpaired) electrons. The van der Waals surface area contributed by atoms with Crippen molar-refractivity contribution in [2.24, 2.45) is 0 Å². The third kappa shape index (κ3) is 2.82. The Balaban J connectivity index is 1.93. The first-order chi connectivity index (χ1) is 13.2. The van der Waals surface area contributed by atoms with Crippen LogP contribution < -0.4 is 0 Å². The molecule has 0 saturated carbocycles. The summed E-state index contributed by atoms with van der Waals surface area (Å²) in [6.07, 6.45) is 9.61. The van der Waals surface area contributed by atoms with Crippen molar-refractivity contribution in [3.05, 3.63) is 81.6 Å². The molecular weight excluding hydrogens is 362 g/mol. The highest BCUT2D eigenvalue weighted by molar-refractivity contribution is 7.09. The van der Waals surface area contributed by atoms with E-state index in [0.29, 0.717) is 18.3 Å². The molecule has 1 aromatic carbocycles. The molecule has 0 spiro atoms. The molecule has 2 aromatic heterocycles. The number of fused-ring (bicyclic) bond motifs is 1. The minimum absolute atomic E-state index is 0.0252. The van der Waals surface area contributed by atoms with E-state index >= 15 is 0 Å². The fraction of sp³-hybridized carbons (Fsp3) is 0.100. The molecule has 1 aliphatic rings. The average molecular weight is 377 g/mol. The highest BCUT2D eigenvalue weighted by Crippen LogP contribution is 2.43. The van der Waals surface area contributed by atoms with Crippen LogP contribution in [0.1, 0.15) is 32.2 Å². The Kier molecular flexibility index (Phi) is 4.29. The van der Waals surface area contributed by atoms with Crippen molar-refractivity contribution < 1.29 is 14.7 Å². The van der Waals surface area contributed by atoms with E-state index in [-0.39, 0.29) is 5.69 Å². The number of aldehydes is 1. The van der Waals surface area contributed by atoms with Crippen LogP contribution in [0.5, 0.6) is 0 Å². The van der Waals surface area contributed by atoms with Crippen LogP contribution in [0.4, 0.5) is 0 Å². The van der Waals surface area contributed by atoms with Gasteiger partial charge in [-0.3, -0.25) is 9.78 Å². The van der Waals surface area contributed by atoms with Gasteiger partial charge in [-0.15, -0.1) is 11.3 Å². The van der Waals surface area contributed by atoms with E-state index in [1.54, 1.807) is 16.8 Å². The first-order valence-electron chi connectivity index (χ1n) is 8.26. The number of rotatable bonds is 5. The largest absolute Gasteiger partial charge is 0.476 e. The lowest BCUT2D eigenvalue weighted by Gasteiger charge is -2.33. The van der Waals surface area contributed by atoms with E-state index in [2.05, 4.69) is 22.2 Å². The number of carbonyl (C=O) groups excluding carboxylic acids is 1. The smallest absolute Gasteiger partial charge is 0.357 e. The zero-order chi connectivity index (χ0) is 18.9. The lowest BCUT2D eigenvalue weighted by atomic mass is 9.72. The highest BCUT2D eigenvalue weighted by Gasteiger charge is 2.39. The Bertz CT molecular complexity index is 1050. The van der Waals surface area contributed by atoms with Gasteiger partial charge in [0.1, 0.15) is 6.29 Å². The molecule has 0 bridgehead atoms. The monoisotopic (exact) mass is 377 g/mol. The molecule has 0 saturated heterocycles. The molecule has 134 valence electrons. The van der Waals surface area contributed by atoms with Crippen LogP contribution in [0.2, 0.25) is 0 Å². The Morgan fingerprint density at radius 3 is 2.78 bits per heavy atom. The van der Waals surface area contributed by atoms with Gasteiger partial charge in [0.25, 0.3) is 0 Å². The maximum Gasteiger partial charge on any atom is 0.357 e. The fourth-order valence-corrected chi connectivity index (χ4v) is 4.29. The Morgan fingerprint density at radius 2 is 2.11 bits per heavy atom. The van der Waals surface area contributed by atoms with Crippen LogP contribution in [0, 0.1) is 0 Å². The van der Waals surface area contributed by atoms with E-state index in [1.807, 2.05) is 36.5 Å². The summed E-state index contributed by atoms with van der Waals surface area (Å²) in [4.78, 5) is 27.7. The maximum atomic E-state index is 11.6. The minimum Gasteiger partial charge on any atom is -0.476 e. The lowest BCUT2D eigenvalue weighted by molar-refractivity contribution is -0.104. The average Bonchev–Trinajstić information content (AvgIpc) is 3.35. The van der Waals surface area contributed by atoms with Gasteiger partial charge in [-0.05, 0) is 11.6 Å². The molecule has 1 N–H and O–H groups in total. The van der Waals surface area contributed by atoms with Gasteiger partial charge >= 0.3 is 5.97 Å². The van der Waals surface area contributed by atoms with Crippen molar-refractivity contribution in [1.29, 1.82) is 0 Å². The third-order valence-electron chi connectivity index (χ3n) is 4.70. The van der Waals surface area contributed by atoms with Crippen molar-refractivity contribution in [1.82, 2.24) is 14.8 Å². The van der Waals surface area contributed by atoms with Crippen LogP contribution in [0.15, 0.2) is 54.2 Å². The number of hydrogen-bond acceptors (Lipinski definition) is 5. The van der Waals surface area contributed by atoms with Crippen LogP contribution in [0.25, 0.3) is 12.3 Å². The predicted octanol–water partition coefficient (Wildman–Crippen LogP) is 3.26. The van der Waals surface area contributed by atoms with Gasteiger partial charge in [-0.1, -0.05) is 42.5 Å². The van der Waals surface area contributed by atoms with Gasteiger partial charge in [0, 0.05) is 29.3 Å². The molecule has 2 heterocycles. The van der Waals surface area contributed by atoms with Crippen LogP contribution in [-0.4, -0.2) is 32.1 Å². The Hall–Kier alpha value is -3.32. The molecule has 27 heavy (non-hydrogen) atoms. The van der Waals surface area contributed by atoms with E-state index in [4.69, 9.17) is 0 Å². The predicted molar refractivity (Wildman–Crippen MR) is 103 cm³/mol. The number of carbonyl (C=O) groups is 2.